The van der Waals surface area contributed by atoms with Crippen molar-refractivity contribution in [3.63, 3.8) is 0 Å². The second-order valence-electron chi connectivity index (χ2n) is 4.78. The van der Waals surface area contributed by atoms with Gasteiger partial charge in [0, 0.05) is 45.6 Å². The smallest absolute Gasteiger partial charge is 0.109 e. The van der Waals surface area contributed by atoms with Crippen LogP contribution in [0.4, 0.5) is 0 Å². The van der Waals surface area contributed by atoms with Crippen LogP contribution < -0.4 is 5.32 Å². The van der Waals surface area contributed by atoms with Gasteiger partial charge in [0.05, 0.1) is 0 Å². The van der Waals surface area contributed by atoms with Gasteiger partial charge >= 0.3 is 0 Å². The fraction of sp³-hybridized carbons (Fsp3) is 0.769. The standard InChI is InChI=1S/C13H25N3O/c1-12(2)11-17-10-4-6-14-7-5-13-15-8-9-16(13)3/h8-9,12,14H,4-7,10-11H2,1-3H3. The van der Waals surface area contributed by atoms with E-state index in [4.69, 9.17) is 4.74 Å². The van der Waals surface area contributed by atoms with E-state index in [1.54, 1.807) is 0 Å². The first kappa shape index (κ1) is 14.2. The Morgan fingerprint density at radius 3 is 2.88 bits per heavy atom. The number of hydrogen-bond acceptors (Lipinski definition) is 3. The number of ether oxygens (including phenoxy) is 1. The Hall–Kier alpha value is -0.870. The third-order valence-electron chi connectivity index (χ3n) is 2.54. The molecule has 0 aliphatic rings. The second-order valence-corrected chi connectivity index (χ2v) is 4.78. The number of nitrogens with one attached hydrogen (secondary N) is 1. The summed E-state index contributed by atoms with van der Waals surface area (Å²) in [6, 6.07) is 0. The van der Waals surface area contributed by atoms with Gasteiger partial charge in [0.25, 0.3) is 0 Å². The third kappa shape index (κ3) is 6.44. The maximum Gasteiger partial charge on any atom is 0.109 e. The summed E-state index contributed by atoms with van der Waals surface area (Å²) in [5, 5.41) is 3.41. The SMILES string of the molecule is CC(C)COCCCNCCc1nccn1C. The first-order chi connectivity index (χ1) is 8.20. The van der Waals surface area contributed by atoms with Gasteiger partial charge in [-0.25, -0.2) is 4.98 Å². The molecule has 0 fully saturated rings. The van der Waals surface area contributed by atoms with E-state index in [9.17, 15) is 0 Å². The van der Waals surface area contributed by atoms with E-state index in [2.05, 4.69) is 28.7 Å². The highest BCUT2D eigenvalue weighted by atomic mass is 16.5. The van der Waals surface area contributed by atoms with Gasteiger partial charge in [-0.15, -0.1) is 0 Å². The van der Waals surface area contributed by atoms with E-state index in [0.717, 1.165) is 45.0 Å². The molecule has 0 saturated heterocycles. The molecular weight excluding hydrogens is 214 g/mol. The quantitative estimate of drug-likeness (QED) is 0.666. The fourth-order valence-electron chi connectivity index (χ4n) is 1.58. The summed E-state index contributed by atoms with van der Waals surface area (Å²) < 4.78 is 7.57. The van der Waals surface area contributed by atoms with Crippen LogP contribution in [0.15, 0.2) is 12.4 Å². The molecule has 17 heavy (non-hydrogen) atoms. The van der Waals surface area contributed by atoms with Gasteiger partial charge in [-0.05, 0) is 18.9 Å². The average molecular weight is 239 g/mol. The van der Waals surface area contributed by atoms with E-state index in [-0.39, 0.29) is 0 Å². The van der Waals surface area contributed by atoms with Crippen molar-refractivity contribution in [3.05, 3.63) is 18.2 Å². The molecule has 1 aromatic rings. The molecule has 0 bridgehead atoms. The monoisotopic (exact) mass is 239 g/mol. The fourth-order valence-corrected chi connectivity index (χ4v) is 1.58. The molecule has 1 aromatic heterocycles. The number of aromatic nitrogens is 2. The van der Waals surface area contributed by atoms with Gasteiger partial charge in [-0.2, -0.15) is 0 Å². The highest BCUT2D eigenvalue weighted by Crippen LogP contribution is 1.95. The van der Waals surface area contributed by atoms with Crippen LogP contribution in [0.25, 0.3) is 0 Å². The van der Waals surface area contributed by atoms with Gasteiger partial charge in [-0.1, -0.05) is 13.8 Å². The first-order valence-corrected chi connectivity index (χ1v) is 6.45. The van der Waals surface area contributed by atoms with Crippen molar-refractivity contribution in [2.45, 2.75) is 26.7 Å². The molecule has 1 rings (SSSR count). The summed E-state index contributed by atoms with van der Waals surface area (Å²) in [4.78, 5) is 4.28. The predicted octanol–water partition coefficient (Wildman–Crippen LogP) is 1.61. The summed E-state index contributed by atoms with van der Waals surface area (Å²) in [7, 11) is 2.03. The molecule has 0 atom stereocenters. The molecule has 1 N–H and O–H groups in total. The Kier molecular flexibility index (Phi) is 6.89. The summed E-state index contributed by atoms with van der Waals surface area (Å²) in [6.45, 7) is 8.06. The lowest BCUT2D eigenvalue weighted by Gasteiger charge is -2.07. The minimum atomic E-state index is 0.631. The maximum absolute atomic E-state index is 5.51. The zero-order chi connectivity index (χ0) is 12.5. The van der Waals surface area contributed by atoms with Gasteiger partial charge in [0.15, 0.2) is 0 Å². The van der Waals surface area contributed by atoms with Crippen molar-refractivity contribution >= 4 is 0 Å². The Morgan fingerprint density at radius 2 is 2.24 bits per heavy atom. The van der Waals surface area contributed by atoms with Gasteiger partial charge in [-0.3, -0.25) is 0 Å². The highest BCUT2D eigenvalue weighted by molar-refractivity contribution is 4.91. The van der Waals surface area contributed by atoms with Crippen molar-refractivity contribution in [1.82, 2.24) is 14.9 Å². The van der Waals surface area contributed by atoms with Gasteiger partial charge in [0.1, 0.15) is 5.82 Å². The normalized spacial score (nSPS) is 11.3. The number of aryl methyl sites for hydroxylation is 1. The average Bonchev–Trinajstić information content (AvgIpc) is 2.68. The van der Waals surface area contributed by atoms with E-state index in [1.165, 1.54) is 0 Å². The van der Waals surface area contributed by atoms with Crippen molar-refractivity contribution in [1.29, 1.82) is 0 Å². The lowest BCUT2D eigenvalue weighted by Crippen LogP contribution is -2.21. The van der Waals surface area contributed by atoms with Crippen molar-refractivity contribution < 1.29 is 4.74 Å². The largest absolute Gasteiger partial charge is 0.381 e. The van der Waals surface area contributed by atoms with Gasteiger partial charge in [0.2, 0.25) is 0 Å². The summed E-state index contributed by atoms with van der Waals surface area (Å²) in [5.74, 6) is 1.76. The van der Waals surface area contributed by atoms with Crippen LogP contribution in [0.2, 0.25) is 0 Å². The molecule has 0 spiro atoms. The van der Waals surface area contributed by atoms with Crippen LogP contribution in [-0.4, -0.2) is 35.9 Å². The Balaban J connectivity index is 1.90. The van der Waals surface area contributed by atoms with Crippen molar-refractivity contribution in [3.8, 4) is 0 Å². The second kappa shape index (κ2) is 8.25. The number of hydrogen-bond donors (Lipinski definition) is 1. The van der Waals surface area contributed by atoms with E-state index in [0.29, 0.717) is 5.92 Å². The van der Waals surface area contributed by atoms with E-state index in [1.807, 2.05) is 19.4 Å². The molecule has 0 radical (unpaired) electrons. The van der Waals surface area contributed by atoms with E-state index < -0.39 is 0 Å². The summed E-state index contributed by atoms with van der Waals surface area (Å²) in [5.41, 5.74) is 0. The van der Waals surface area contributed by atoms with E-state index >= 15 is 0 Å². The lowest BCUT2D eigenvalue weighted by atomic mass is 10.2. The molecule has 1 heterocycles. The predicted molar refractivity (Wildman–Crippen MR) is 70.1 cm³/mol. The Bertz CT molecular complexity index is 297. The molecule has 4 nitrogen and oxygen atoms in total. The summed E-state index contributed by atoms with van der Waals surface area (Å²) >= 11 is 0. The van der Waals surface area contributed by atoms with Crippen LogP contribution in [0, 0.1) is 5.92 Å². The van der Waals surface area contributed by atoms with Crippen LogP contribution in [-0.2, 0) is 18.2 Å². The molecular formula is C13H25N3O. The molecule has 0 unspecified atom stereocenters. The molecule has 0 aliphatic carbocycles. The first-order valence-electron chi connectivity index (χ1n) is 6.45. The Morgan fingerprint density at radius 1 is 1.41 bits per heavy atom. The minimum absolute atomic E-state index is 0.631. The third-order valence-corrected chi connectivity index (χ3v) is 2.54. The van der Waals surface area contributed by atoms with Crippen LogP contribution in [0.3, 0.4) is 0 Å². The molecule has 0 amide bonds. The molecule has 0 aliphatic heterocycles. The van der Waals surface area contributed by atoms with Crippen molar-refractivity contribution in [2.75, 3.05) is 26.3 Å². The highest BCUT2D eigenvalue weighted by Gasteiger charge is 1.98. The number of imidazole rings is 1. The van der Waals surface area contributed by atoms with Crippen LogP contribution in [0.1, 0.15) is 26.1 Å². The Labute approximate surface area is 104 Å². The maximum atomic E-state index is 5.51. The lowest BCUT2D eigenvalue weighted by molar-refractivity contribution is 0.108. The zero-order valence-electron chi connectivity index (χ0n) is 11.3. The van der Waals surface area contributed by atoms with Crippen molar-refractivity contribution in [2.24, 2.45) is 13.0 Å². The molecule has 4 heteroatoms. The topological polar surface area (TPSA) is 39.1 Å². The zero-order valence-corrected chi connectivity index (χ0v) is 11.3. The number of rotatable bonds is 9. The van der Waals surface area contributed by atoms with Crippen LogP contribution >= 0.6 is 0 Å². The minimum Gasteiger partial charge on any atom is -0.381 e. The molecule has 98 valence electrons. The van der Waals surface area contributed by atoms with Crippen LogP contribution in [0.5, 0.6) is 0 Å². The molecule has 0 saturated carbocycles. The van der Waals surface area contributed by atoms with Gasteiger partial charge < -0.3 is 14.6 Å². The number of nitrogens with zero attached hydrogens (tertiary/aromatic N) is 2. The molecule has 0 aromatic carbocycles. The summed E-state index contributed by atoms with van der Waals surface area (Å²) in [6.07, 6.45) is 5.88.